The Balaban J connectivity index is 1.90. The van der Waals surface area contributed by atoms with E-state index >= 15 is 0 Å². The highest BCUT2D eigenvalue weighted by molar-refractivity contribution is 9.10. The van der Waals surface area contributed by atoms with Crippen molar-refractivity contribution in [1.29, 1.82) is 0 Å². The molecule has 0 heterocycles. The number of carbonyl (C=O) groups excluding carboxylic acids is 2. The van der Waals surface area contributed by atoms with Crippen molar-refractivity contribution in [3.05, 3.63) is 98.4 Å². The molecule has 1 unspecified atom stereocenters. The van der Waals surface area contributed by atoms with E-state index in [0.717, 1.165) is 20.1 Å². The zero-order chi connectivity index (χ0) is 26.9. The van der Waals surface area contributed by atoms with Gasteiger partial charge in [0.2, 0.25) is 5.91 Å². The molecule has 0 bridgehead atoms. The second-order valence-corrected chi connectivity index (χ2v) is 11.4. The van der Waals surface area contributed by atoms with Gasteiger partial charge in [0.1, 0.15) is 11.8 Å². The van der Waals surface area contributed by atoms with Crippen LogP contribution in [0.2, 0.25) is 0 Å². The van der Waals surface area contributed by atoms with Gasteiger partial charge in [-0.15, -0.1) is 0 Å². The summed E-state index contributed by atoms with van der Waals surface area (Å²) >= 11 is 7.03. The minimum absolute atomic E-state index is 0.0536. The summed E-state index contributed by atoms with van der Waals surface area (Å²) in [6.45, 7) is 8.18. The third-order valence-corrected chi connectivity index (χ3v) is 7.09. The van der Waals surface area contributed by atoms with Crippen molar-refractivity contribution in [1.82, 2.24) is 10.2 Å². The Morgan fingerprint density at radius 1 is 0.892 bits per heavy atom. The van der Waals surface area contributed by atoms with Crippen LogP contribution in [-0.2, 0) is 22.6 Å². The predicted molar refractivity (Wildman–Crippen MR) is 156 cm³/mol. The van der Waals surface area contributed by atoms with Crippen LogP contribution in [0.25, 0.3) is 0 Å². The summed E-state index contributed by atoms with van der Waals surface area (Å²) in [5, 5.41) is 3.00. The molecule has 3 rings (SSSR count). The number of amides is 2. The summed E-state index contributed by atoms with van der Waals surface area (Å²) in [5.74, 6) is 0.522. The second-order valence-electron chi connectivity index (χ2n) is 9.65. The van der Waals surface area contributed by atoms with Crippen LogP contribution in [-0.4, -0.2) is 35.4 Å². The van der Waals surface area contributed by atoms with Gasteiger partial charge >= 0.3 is 0 Å². The van der Waals surface area contributed by atoms with Crippen molar-refractivity contribution in [2.45, 2.75) is 58.7 Å². The molecule has 3 aromatic rings. The predicted octanol–water partition coefficient (Wildman–Crippen LogP) is 6.88. The van der Waals surface area contributed by atoms with Gasteiger partial charge in [0.25, 0.3) is 5.91 Å². The molecule has 0 saturated heterocycles. The maximum Gasteiger partial charge on any atom is 0.261 e. The molecule has 2 amide bonds. The number of ether oxygens (including phenoxy) is 1. The van der Waals surface area contributed by atoms with Gasteiger partial charge in [0.05, 0.1) is 4.47 Å². The van der Waals surface area contributed by atoms with E-state index < -0.39 is 6.04 Å². The SMILES string of the molecule is CC(C)NC(=O)C(Cc1ccccc1)N(Cc1ccc(Br)cc1)C(=O)COc1ccc(C(C)C)cc1Br. The van der Waals surface area contributed by atoms with Gasteiger partial charge in [-0.3, -0.25) is 9.59 Å². The lowest BCUT2D eigenvalue weighted by atomic mass is 10.0. The first-order chi connectivity index (χ1) is 17.6. The largest absolute Gasteiger partial charge is 0.483 e. The lowest BCUT2D eigenvalue weighted by molar-refractivity contribution is -0.143. The molecule has 3 aromatic carbocycles. The molecule has 1 N–H and O–H groups in total. The number of rotatable bonds is 11. The van der Waals surface area contributed by atoms with Crippen LogP contribution in [0.5, 0.6) is 5.75 Å². The summed E-state index contributed by atoms with van der Waals surface area (Å²) in [6.07, 6.45) is 0.397. The van der Waals surface area contributed by atoms with E-state index in [1.165, 1.54) is 5.56 Å². The molecule has 0 spiro atoms. The van der Waals surface area contributed by atoms with E-state index in [9.17, 15) is 9.59 Å². The monoisotopic (exact) mass is 628 g/mol. The van der Waals surface area contributed by atoms with Crippen LogP contribution in [0, 0.1) is 0 Å². The average molecular weight is 630 g/mol. The molecular formula is C30H34Br2N2O3. The Morgan fingerprint density at radius 3 is 2.16 bits per heavy atom. The van der Waals surface area contributed by atoms with Crippen molar-refractivity contribution in [2.24, 2.45) is 0 Å². The van der Waals surface area contributed by atoms with Crippen LogP contribution < -0.4 is 10.1 Å². The van der Waals surface area contributed by atoms with Crippen molar-refractivity contribution in [3.8, 4) is 5.75 Å². The first kappa shape index (κ1) is 28.9. The number of benzene rings is 3. The highest BCUT2D eigenvalue weighted by Gasteiger charge is 2.31. The number of nitrogens with one attached hydrogen (secondary N) is 1. The molecular weight excluding hydrogens is 596 g/mol. The lowest BCUT2D eigenvalue weighted by Crippen LogP contribution is -2.52. The maximum atomic E-state index is 13.7. The zero-order valence-electron chi connectivity index (χ0n) is 21.7. The number of nitrogens with zero attached hydrogens (tertiary/aromatic N) is 1. The number of carbonyl (C=O) groups is 2. The normalized spacial score (nSPS) is 11.9. The van der Waals surface area contributed by atoms with E-state index in [-0.39, 0.29) is 31.0 Å². The van der Waals surface area contributed by atoms with E-state index in [1.54, 1.807) is 4.90 Å². The van der Waals surface area contributed by atoms with Crippen molar-refractivity contribution >= 4 is 43.7 Å². The molecule has 0 radical (unpaired) electrons. The van der Waals surface area contributed by atoms with E-state index in [4.69, 9.17) is 4.74 Å². The molecule has 37 heavy (non-hydrogen) atoms. The summed E-state index contributed by atoms with van der Waals surface area (Å²) in [4.78, 5) is 28.7. The summed E-state index contributed by atoms with van der Waals surface area (Å²) in [5.41, 5.74) is 3.08. The minimum Gasteiger partial charge on any atom is -0.483 e. The molecule has 0 saturated carbocycles. The van der Waals surface area contributed by atoms with Gasteiger partial charge in [-0.25, -0.2) is 0 Å². The summed E-state index contributed by atoms with van der Waals surface area (Å²) in [6, 6.07) is 22.7. The third-order valence-electron chi connectivity index (χ3n) is 5.94. The van der Waals surface area contributed by atoms with Crippen LogP contribution in [0.15, 0.2) is 81.7 Å². The van der Waals surface area contributed by atoms with Crippen molar-refractivity contribution in [2.75, 3.05) is 6.61 Å². The molecule has 196 valence electrons. The Labute approximate surface area is 236 Å². The summed E-state index contributed by atoms with van der Waals surface area (Å²) in [7, 11) is 0. The Hall–Kier alpha value is -2.64. The maximum absolute atomic E-state index is 13.7. The lowest BCUT2D eigenvalue weighted by Gasteiger charge is -2.32. The molecule has 0 fully saturated rings. The number of halogens is 2. The highest BCUT2D eigenvalue weighted by atomic mass is 79.9. The first-order valence-corrected chi connectivity index (χ1v) is 14.0. The van der Waals surface area contributed by atoms with E-state index in [0.29, 0.717) is 18.1 Å². The van der Waals surface area contributed by atoms with Crippen molar-refractivity contribution < 1.29 is 14.3 Å². The summed E-state index contributed by atoms with van der Waals surface area (Å²) < 4.78 is 7.70. The van der Waals surface area contributed by atoms with Gasteiger partial charge in [0, 0.05) is 23.5 Å². The van der Waals surface area contributed by atoms with E-state index in [1.807, 2.05) is 86.6 Å². The zero-order valence-corrected chi connectivity index (χ0v) is 24.9. The molecule has 0 aliphatic heterocycles. The fourth-order valence-corrected chi connectivity index (χ4v) is 4.71. The third kappa shape index (κ3) is 8.71. The van der Waals surface area contributed by atoms with Crippen LogP contribution in [0.4, 0.5) is 0 Å². The fourth-order valence-electron chi connectivity index (χ4n) is 3.94. The molecule has 1 atom stereocenters. The molecule has 0 aliphatic carbocycles. The van der Waals surface area contributed by atoms with Gasteiger partial charge in [-0.05, 0) is 76.7 Å². The molecule has 0 aromatic heterocycles. The standard InChI is InChI=1S/C30H34Br2N2O3/c1-20(2)24-12-15-28(26(32)17-24)37-19-29(35)34(18-23-10-13-25(31)14-11-23)27(30(36)33-21(3)4)16-22-8-6-5-7-9-22/h5-15,17,20-21,27H,16,18-19H2,1-4H3,(H,33,36). The average Bonchev–Trinajstić information content (AvgIpc) is 2.86. The topological polar surface area (TPSA) is 58.6 Å². The van der Waals surface area contributed by atoms with E-state index in [2.05, 4.69) is 51.0 Å². The Morgan fingerprint density at radius 2 is 1.57 bits per heavy atom. The van der Waals surface area contributed by atoms with Crippen LogP contribution in [0.3, 0.4) is 0 Å². The van der Waals surface area contributed by atoms with Crippen LogP contribution >= 0.6 is 31.9 Å². The minimum atomic E-state index is -0.698. The molecule has 5 nitrogen and oxygen atoms in total. The van der Waals surface area contributed by atoms with Gasteiger partial charge in [0.15, 0.2) is 6.61 Å². The van der Waals surface area contributed by atoms with Crippen molar-refractivity contribution in [3.63, 3.8) is 0 Å². The highest BCUT2D eigenvalue weighted by Crippen LogP contribution is 2.29. The number of hydrogen-bond acceptors (Lipinski definition) is 3. The Kier molecular flexibility index (Phi) is 10.8. The van der Waals surface area contributed by atoms with Gasteiger partial charge in [-0.2, -0.15) is 0 Å². The van der Waals surface area contributed by atoms with Crippen LogP contribution in [0.1, 0.15) is 50.3 Å². The van der Waals surface area contributed by atoms with Gasteiger partial charge < -0.3 is 15.0 Å². The Bertz CT molecular complexity index is 1180. The second kappa shape index (κ2) is 13.8. The molecule has 7 heteroatoms. The smallest absolute Gasteiger partial charge is 0.261 e. The quantitative estimate of drug-likeness (QED) is 0.252. The fraction of sp³-hybridized carbons (Fsp3) is 0.333. The number of hydrogen-bond donors (Lipinski definition) is 1. The molecule has 0 aliphatic rings. The first-order valence-electron chi connectivity index (χ1n) is 12.4. The van der Waals surface area contributed by atoms with Gasteiger partial charge in [-0.1, -0.05) is 78.3 Å².